The number of rotatable bonds is 6. The molecule has 0 unspecified atom stereocenters. The summed E-state index contributed by atoms with van der Waals surface area (Å²) < 4.78 is 4.83. The number of esters is 1. The van der Waals surface area contributed by atoms with Gasteiger partial charge in [0.2, 0.25) is 0 Å². The highest BCUT2D eigenvalue weighted by atomic mass is 32.2. The minimum atomic E-state index is -0.686. The van der Waals surface area contributed by atoms with Crippen LogP contribution in [0.1, 0.15) is 13.8 Å². The van der Waals surface area contributed by atoms with Crippen LogP contribution < -0.4 is 10.6 Å². The fourth-order valence-corrected chi connectivity index (χ4v) is 3.24. The van der Waals surface area contributed by atoms with Crippen LogP contribution in [0.4, 0.5) is 4.79 Å². The Morgan fingerprint density at radius 2 is 2.12 bits per heavy atom. The summed E-state index contributed by atoms with van der Waals surface area (Å²) in [4.78, 5) is 43.6. The molecule has 0 aliphatic carbocycles. The summed E-state index contributed by atoms with van der Waals surface area (Å²) in [5, 5.41) is 8.02. The van der Waals surface area contributed by atoms with Crippen LogP contribution in [0.15, 0.2) is 22.8 Å². The summed E-state index contributed by atoms with van der Waals surface area (Å²) in [5.41, 5.74) is 0. The van der Waals surface area contributed by atoms with Crippen LogP contribution in [0.25, 0.3) is 10.2 Å². The number of fused-ring (bicyclic) bond motifs is 1. The Kier molecular flexibility index (Phi) is 6.50. The van der Waals surface area contributed by atoms with Crippen LogP contribution in [0.3, 0.4) is 0 Å². The SMILES string of the molecule is CC(C)NC(=O)NC(=O)COC(=O)CSc1ncnc2sccc12. The molecule has 2 heterocycles. The number of amides is 3. The Bertz CT molecular complexity index is 747. The van der Waals surface area contributed by atoms with E-state index in [4.69, 9.17) is 4.74 Å². The van der Waals surface area contributed by atoms with E-state index in [1.165, 1.54) is 29.4 Å². The molecule has 0 spiro atoms. The number of thioether (sulfide) groups is 1. The summed E-state index contributed by atoms with van der Waals surface area (Å²) in [5.74, 6) is -1.25. The third kappa shape index (κ3) is 5.46. The number of nitrogens with zero attached hydrogens (tertiary/aromatic N) is 2. The second-order valence-electron chi connectivity index (χ2n) is 4.94. The van der Waals surface area contributed by atoms with Crippen molar-refractivity contribution >= 4 is 51.2 Å². The molecule has 0 fully saturated rings. The molecule has 0 bridgehead atoms. The molecule has 0 saturated carbocycles. The molecular weight excluding hydrogens is 352 g/mol. The predicted octanol–water partition coefficient (Wildman–Crippen LogP) is 1.56. The highest BCUT2D eigenvalue weighted by molar-refractivity contribution is 8.00. The number of ether oxygens (including phenoxy) is 1. The van der Waals surface area contributed by atoms with E-state index in [0.717, 1.165) is 10.2 Å². The highest BCUT2D eigenvalue weighted by Gasteiger charge is 2.13. The molecule has 3 amide bonds. The number of carbonyl (C=O) groups is 3. The van der Waals surface area contributed by atoms with Crippen LogP contribution >= 0.6 is 23.1 Å². The maximum Gasteiger partial charge on any atom is 0.321 e. The molecular formula is C14H16N4O4S2. The third-order valence-electron chi connectivity index (χ3n) is 2.59. The average molecular weight is 368 g/mol. The molecule has 24 heavy (non-hydrogen) atoms. The largest absolute Gasteiger partial charge is 0.455 e. The van der Waals surface area contributed by atoms with Crippen molar-refractivity contribution in [1.82, 2.24) is 20.6 Å². The van der Waals surface area contributed by atoms with Crippen molar-refractivity contribution in [3.8, 4) is 0 Å². The molecule has 0 aliphatic rings. The topological polar surface area (TPSA) is 110 Å². The Hall–Kier alpha value is -2.20. The third-order valence-corrected chi connectivity index (χ3v) is 4.39. The molecule has 0 atom stereocenters. The number of carbonyl (C=O) groups excluding carboxylic acids is 3. The lowest BCUT2D eigenvalue weighted by Gasteiger charge is -2.09. The predicted molar refractivity (Wildman–Crippen MR) is 90.9 cm³/mol. The molecule has 2 aromatic rings. The van der Waals surface area contributed by atoms with Gasteiger partial charge in [0.1, 0.15) is 16.2 Å². The molecule has 0 radical (unpaired) electrons. The Morgan fingerprint density at radius 1 is 1.33 bits per heavy atom. The maximum atomic E-state index is 11.7. The molecule has 10 heteroatoms. The first kappa shape index (κ1) is 18.1. The molecule has 2 rings (SSSR count). The van der Waals surface area contributed by atoms with Gasteiger partial charge in [-0.25, -0.2) is 14.8 Å². The molecule has 8 nitrogen and oxygen atoms in total. The monoisotopic (exact) mass is 368 g/mol. The van der Waals surface area contributed by atoms with Crippen LogP contribution in [0.2, 0.25) is 0 Å². The quantitative estimate of drug-likeness (QED) is 0.452. The van der Waals surface area contributed by atoms with Gasteiger partial charge in [0.25, 0.3) is 5.91 Å². The van der Waals surface area contributed by atoms with Gasteiger partial charge in [-0.2, -0.15) is 0 Å². The summed E-state index contributed by atoms with van der Waals surface area (Å²) in [7, 11) is 0. The van der Waals surface area contributed by atoms with Crippen molar-refractivity contribution in [2.24, 2.45) is 0 Å². The smallest absolute Gasteiger partial charge is 0.321 e. The van der Waals surface area contributed by atoms with Crippen molar-refractivity contribution in [2.75, 3.05) is 12.4 Å². The molecule has 0 aliphatic heterocycles. The summed E-state index contributed by atoms with van der Waals surface area (Å²) >= 11 is 2.69. The first-order chi connectivity index (χ1) is 11.5. The zero-order valence-corrected chi connectivity index (χ0v) is 14.7. The van der Waals surface area contributed by atoms with E-state index in [1.807, 2.05) is 11.4 Å². The lowest BCUT2D eigenvalue weighted by molar-refractivity contribution is -0.145. The number of urea groups is 1. The van der Waals surface area contributed by atoms with Gasteiger partial charge in [-0.3, -0.25) is 14.9 Å². The molecule has 0 aromatic carbocycles. The summed E-state index contributed by atoms with van der Waals surface area (Å²) in [6, 6.07) is 1.16. The van der Waals surface area contributed by atoms with E-state index < -0.39 is 24.5 Å². The number of imide groups is 1. The van der Waals surface area contributed by atoms with Crippen molar-refractivity contribution in [3.05, 3.63) is 17.8 Å². The standard InChI is InChI=1S/C14H16N4O4S2/c1-8(2)17-14(21)18-10(19)5-22-11(20)6-24-13-9-3-4-23-12(9)15-7-16-13/h3-4,7-8H,5-6H2,1-2H3,(H2,17,18,19,21). The fraction of sp³-hybridized carbons (Fsp3) is 0.357. The fourth-order valence-electron chi connectivity index (χ4n) is 1.66. The lowest BCUT2D eigenvalue weighted by atomic mass is 10.4. The van der Waals surface area contributed by atoms with Crippen LogP contribution in [-0.2, 0) is 14.3 Å². The summed E-state index contributed by atoms with van der Waals surface area (Å²) in [6.07, 6.45) is 1.44. The zero-order valence-electron chi connectivity index (χ0n) is 13.1. The number of hydrogen-bond acceptors (Lipinski definition) is 8. The van der Waals surface area contributed by atoms with Crippen LogP contribution in [0, 0.1) is 0 Å². The second kappa shape index (κ2) is 8.60. The van der Waals surface area contributed by atoms with Gasteiger partial charge >= 0.3 is 12.0 Å². The lowest BCUT2D eigenvalue weighted by Crippen LogP contribution is -2.44. The van der Waals surface area contributed by atoms with Gasteiger partial charge in [-0.1, -0.05) is 11.8 Å². The van der Waals surface area contributed by atoms with E-state index in [0.29, 0.717) is 5.03 Å². The van der Waals surface area contributed by atoms with Crippen molar-refractivity contribution in [2.45, 2.75) is 24.9 Å². The van der Waals surface area contributed by atoms with Crippen molar-refractivity contribution in [1.29, 1.82) is 0 Å². The van der Waals surface area contributed by atoms with E-state index in [9.17, 15) is 14.4 Å². The van der Waals surface area contributed by atoms with Gasteiger partial charge in [0, 0.05) is 11.4 Å². The van der Waals surface area contributed by atoms with Gasteiger partial charge in [0.05, 0.1) is 5.75 Å². The van der Waals surface area contributed by atoms with E-state index >= 15 is 0 Å². The molecule has 128 valence electrons. The Labute approximate surface area is 146 Å². The van der Waals surface area contributed by atoms with Gasteiger partial charge < -0.3 is 10.1 Å². The van der Waals surface area contributed by atoms with Gasteiger partial charge in [-0.15, -0.1) is 11.3 Å². The Morgan fingerprint density at radius 3 is 2.88 bits per heavy atom. The van der Waals surface area contributed by atoms with E-state index in [1.54, 1.807) is 13.8 Å². The average Bonchev–Trinajstić information content (AvgIpc) is 2.99. The number of hydrogen-bond donors (Lipinski definition) is 2. The highest BCUT2D eigenvalue weighted by Crippen LogP contribution is 2.27. The number of aromatic nitrogens is 2. The molecule has 2 N–H and O–H groups in total. The minimum absolute atomic E-state index is 0.00737. The Balaban J connectivity index is 1.74. The second-order valence-corrected chi connectivity index (χ2v) is 6.80. The minimum Gasteiger partial charge on any atom is -0.455 e. The molecule has 2 aromatic heterocycles. The van der Waals surface area contributed by atoms with Crippen molar-refractivity contribution < 1.29 is 19.1 Å². The van der Waals surface area contributed by atoms with Crippen LogP contribution in [-0.4, -0.2) is 46.3 Å². The van der Waals surface area contributed by atoms with Gasteiger partial charge in [0.15, 0.2) is 6.61 Å². The normalized spacial score (nSPS) is 10.6. The van der Waals surface area contributed by atoms with Crippen LogP contribution in [0.5, 0.6) is 0 Å². The maximum absolute atomic E-state index is 11.7. The number of thiophene rings is 1. The van der Waals surface area contributed by atoms with Crippen molar-refractivity contribution in [3.63, 3.8) is 0 Å². The first-order valence-electron chi connectivity index (χ1n) is 7.02. The first-order valence-corrected chi connectivity index (χ1v) is 8.89. The van der Waals surface area contributed by atoms with E-state index in [2.05, 4.69) is 20.6 Å². The summed E-state index contributed by atoms with van der Waals surface area (Å²) in [6.45, 7) is 3.01. The molecule has 0 saturated heterocycles. The zero-order chi connectivity index (χ0) is 17.5. The van der Waals surface area contributed by atoms with E-state index in [-0.39, 0.29) is 11.8 Å². The number of nitrogens with one attached hydrogen (secondary N) is 2. The van der Waals surface area contributed by atoms with Gasteiger partial charge in [-0.05, 0) is 25.3 Å².